The van der Waals surface area contributed by atoms with Crippen LogP contribution in [0.15, 0.2) is 6.20 Å². The molecule has 0 aromatic carbocycles. The van der Waals surface area contributed by atoms with Gasteiger partial charge in [0.05, 0.1) is 19.0 Å². The van der Waals surface area contributed by atoms with E-state index in [4.69, 9.17) is 4.74 Å². The Bertz CT molecular complexity index is 414. The monoisotopic (exact) mass is 279 g/mol. The number of hydrogen-bond donors (Lipinski definition) is 1. The minimum absolute atomic E-state index is 0.385. The predicted octanol–water partition coefficient (Wildman–Crippen LogP) is 3.36. The highest BCUT2D eigenvalue weighted by molar-refractivity contribution is 5.30. The van der Waals surface area contributed by atoms with Gasteiger partial charge in [0.25, 0.3) is 0 Å². The Morgan fingerprint density at radius 3 is 2.80 bits per heavy atom. The van der Waals surface area contributed by atoms with Gasteiger partial charge in [-0.3, -0.25) is 4.68 Å². The zero-order valence-corrected chi connectivity index (χ0v) is 13.4. The lowest BCUT2D eigenvalue weighted by Crippen LogP contribution is -2.31. The zero-order chi connectivity index (χ0) is 14.5. The molecule has 0 radical (unpaired) electrons. The molecule has 2 unspecified atom stereocenters. The molecule has 0 amide bonds. The second-order valence-electron chi connectivity index (χ2n) is 6.10. The van der Waals surface area contributed by atoms with Gasteiger partial charge in [-0.05, 0) is 45.7 Å². The second kappa shape index (κ2) is 7.11. The molecular formula is C16H29N3O. The van der Waals surface area contributed by atoms with Gasteiger partial charge in [0, 0.05) is 12.0 Å². The van der Waals surface area contributed by atoms with Crippen LogP contribution in [0.4, 0.5) is 0 Å². The fraction of sp³-hybridized carbons (Fsp3) is 0.812. The number of nitrogens with one attached hydrogen (secondary N) is 1. The molecule has 1 fully saturated rings. The first kappa shape index (κ1) is 15.4. The summed E-state index contributed by atoms with van der Waals surface area (Å²) in [6.07, 6.45) is 7.12. The fourth-order valence-electron chi connectivity index (χ4n) is 3.42. The van der Waals surface area contributed by atoms with E-state index in [0.717, 1.165) is 18.8 Å². The fourth-order valence-corrected chi connectivity index (χ4v) is 3.42. The SMILES string of the molecule is CCNCC1CCCCC1c1c(OC)cnn1C(C)C. The maximum atomic E-state index is 5.58. The lowest BCUT2D eigenvalue weighted by Gasteiger charge is -2.33. The molecule has 1 aliphatic carbocycles. The summed E-state index contributed by atoms with van der Waals surface area (Å²) < 4.78 is 7.74. The largest absolute Gasteiger partial charge is 0.493 e. The van der Waals surface area contributed by atoms with Crippen molar-refractivity contribution in [1.82, 2.24) is 15.1 Å². The van der Waals surface area contributed by atoms with Gasteiger partial charge in [0.15, 0.2) is 5.75 Å². The second-order valence-corrected chi connectivity index (χ2v) is 6.10. The first-order valence-corrected chi connectivity index (χ1v) is 8.01. The van der Waals surface area contributed by atoms with Crippen molar-refractivity contribution in [3.8, 4) is 5.75 Å². The third-order valence-electron chi connectivity index (χ3n) is 4.42. The van der Waals surface area contributed by atoms with E-state index in [-0.39, 0.29) is 0 Å². The van der Waals surface area contributed by atoms with Crippen molar-refractivity contribution in [3.63, 3.8) is 0 Å². The van der Waals surface area contributed by atoms with Crippen LogP contribution in [-0.2, 0) is 0 Å². The predicted molar refractivity (Wildman–Crippen MR) is 82.4 cm³/mol. The van der Waals surface area contributed by atoms with Crippen molar-refractivity contribution in [3.05, 3.63) is 11.9 Å². The molecule has 0 saturated heterocycles. The molecule has 4 heteroatoms. The van der Waals surface area contributed by atoms with Crippen LogP contribution in [0.5, 0.6) is 5.75 Å². The summed E-state index contributed by atoms with van der Waals surface area (Å²) in [4.78, 5) is 0. The highest BCUT2D eigenvalue weighted by Crippen LogP contribution is 2.41. The summed E-state index contributed by atoms with van der Waals surface area (Å²) >= 11 is 0. The molecule has 0 bridgehead atoms. The van der Waals surface area contributed by atoms with E-state index in [2.05, 4.69) is 35.9 Å². The number of aromatic nitrogens is 2. The van der Waals surface area contributed by atoms with Crippen LogP contribution >= 0.6 is 0 Å². The topological polar surface area (TPSA) is 39.1 Å². The van der Waals surface area contributed by atoms with Gasteiger partial charge < -0.3 is 10.1 Å². The molecule has 1 N–H and O–H groups in total. The Balaban J connectivity index is 2.28. The number of ether oxygens (including phenoxy) is 1. The third-order valence-corrected chi connectivity index (χ3v) is 4.42. The quantitative estimate of drug-likeness (QED) is 0.868. The summed E-state index contributed by atoms with van der Waals surface area (Å²) in [5.41, 5.74) is 1.31. The van der Waals surface area contributed by atoms with E-state index in [9.17, 15) is 0 Å². The van der Waals surface area contributed by atoms with Crippen LogP contribution < -0.4 is 10.1 Å². The maximum Gasteiger partial charge on any atom is 0.160 e. The molecule has 20 heavy (non-hydrogen) atoms. The van der Waals surface area contributed by atoms with E-state index in [1.807, 2.05) is 6.20 Å². The highest BCUT2D eigenvalue weighted by Gasteiger charge is 2.32. The van der Waals surface area contributed by atoms with Crippen molar-refractivity contribution in [2.24, 2.45) is 5.92 Å². The Kier molecular flexibility index (Phi) is 5.46. The smallest absolute Gasteiger partial charge is 0.160 e. The molecule has 1 aromatic heterocycles. The molecular weight excluding hydrogens is 250 g/mol. The van der Waals surface area contributed by atoms with Crippen molar-refractivity contribution in [2.75, 3.05) is 20.2 Å². The van der Waals surface area contributed by atoms with E-state index in [1.54, 1.807) is 7.11 Å². The molecule has 114 valence electrons. The van der Waals surface area contributed by atoms with Crippen molar-refractivity contribution < 1.29 is 4.74 Å². The molecule has 4 nitrogen and oxygen atoms in total. The molecule has 1 aliphatic rings. The first-order chi connectivity index (χ1) is 9.69. The van der Waals surface area contributed by atoms with Crippen LogP contribution in [0.1, 0.15) is 64.1 Å². The highest BCUT2D eigenvalue weighted by atomic mass is 16.5. The van der Waals surface area contributed by atoms with Crippen LogP contribution in [-0.4, -0.2) is 30.0 Å². The number of hydrogen-bond acceptors (Lipinski definition) is 3. The molecule has 1 heterocycles. The average molecular weight is 279 g/mol. The Morgan fingerprint density at radius 2 is 2.15 bits per heavy atom. The average Bonchev–Trinajstić information content (AvgIpc) is 2.89. The number of methoxy groups -OCH3 is 1. The van der Waals surface area contributed by atoms with E-state index >= 15 is 0 Å². The van der Waals surface area contributed by atoms with Crippen molar-refractivity contribution in [1.29, 1.82) is 0 Å². The van der Waals surface area contributed by atoms with Crippen LogP contribution in [0.2, 0.25) is 0 Å². The van der Waals surface area contributed by atoms with Gasteiger partial charge in [-0.2, -0.15) is 5.10 Å². The molecule has 2 atom stereocenters. The third kappa shape index (κ3) is 3.17. The Morgan fingerprint density at radius 1 is 1.40 bits per heavy atom. The van der Waals surface area contributed by atoms with Gasteiger partial charge >= 0.3 is 0 Å². The molecule has 0 aliphatic heterocycles. The normalized spacial score (nSPS) is 23.2. The molecule has 0 spiro atoms. The summed E-state index contributed by atoms with van der Waals surface area (Å²) in [7, 11) is 1.76. The van der Waals surface area contributed by atoms with Crippen molar-refractivity contribution >= 4 is 0 Å². The molecule has 1 saturated carbocycles. The minimum Gasteiger partial charge on any atom is -0.493 e. The Hall–Kier alpha value is -1.03. The summed E-state index contributed by atoms with van der Waals surface area (Å²) in [6.45, 7) is 8.71. The van der Waals surface area contributed by atoms with E-state index in [0.29, 0.717) is 17.9 Å². The first-order valence-electron chi connectivity index (χ1n) is 8.01. The summed E-state index contributed by atoms with van der Waals surface area (Å²) in [5, 5.41) is 8.07. The standard InChI is InChI=1S/C16H29N3O/c1-5-17-10-13-8-6-7-9-14(13)16-15(20-4)11-18-19(16)12(2)3/h11-14,17H,5-10H2,1-4H3. The Labute approximate surface area is 122 Å². The van der Waals surface area contributed by atoms with Crippen molar-refractivity contribution in [2.45, 2.75) is 58.4 Å². The lowest BCUT2D eigenvalue weighted by molar-refractivity contribution is 0.273. The maximum absolute atomic E-state index is 5.58. The minimum atomic E-state index is 0.385. The number of rotatable bonds is 6. The molecule has 2 rings (SSSR count). The summed E-state index contributed by atoms with van der Waals surface area (Å²) in [6, 6.07) is 0.385. The molecule has 1 aromatic rings. The van der Waals surface area contributed by atoms with Gasteiger partial charge in [-0.25, -0.2) is 0 Å². The van der Waals surface area contributed by atoms with E-state index < -0.39 is 0 Å². The zero-order valence-electron chi connectivity index (χ0n) is 13.4. The lowest BCUT2D eigenvalue weighted by atomic mass is 9.77. The van der Waals surface area contributed by atoms with Gasteiger partial charge in [-0.1, -0.05) is 19.8 Å². The van der Waals surface area contributed by atoms with Gasteiger partial charge in [0.1, 0.15) is 0 Å². The van der Waals surface area contributed by atoms with Crippen LogP contribution in [0, 0.1) is 5.92 Å². The van der Waals surface area contributed by atoms with Crippen LogP contribution in [0.3, 0.4) is 0 Å². The van der Waals surface area contributed by atoms with E-state index in [1.165, 1.54) is 31.4 Å². The number of nitrogens with zero attached hydrogens (tertiary/aromatic N) is 2. The van der Waals surface area contributed by atoms with Crippen LogP contribution in [0.25, 0.3) is 0 Å². The van der Waals surface area contributed by atoms with Gasteiger partial charge in [-0.15, -0.1) is 0 Å². The summed E-state index contributed by atoms with van der Waals surface area (Å²) in [5.74, 6) is 2.24. The van der Waals surface area contributed by atoms with Gasteiger partial charge in [0.2, 0.25) is 0 Å².